The van der Waals surface area contributed by atoms with Crippen LogP contribution in [0.1, 0.15) is 37.4 Å². The van der Waals surface area contributed by atoms with Crippen LogP contribution in [0, 0.1) is 6.92 Å². The Morgan fingerprint density at radius 1 is 1.56 bits per heavy atom. The van der Waals surface area contributed by atoms with Gasteiger partial charge >= 0.3 is 0 Å². The van der Waals surface area contributed by atoms with E-state index in [-0.39, 0.29) is 5.54 Å². The number of aromatic nitrogens is 1. The van der Waals surface area contributed by atoms with Crippen LogP contribution in [0.5, 0.6) is 0 Å². The fraction of sp³-hybridized carbons (Fsp3) is 0.692. The fourth-order valence-electron chi connectivity index (χ4n) is 1.88. The first-order valence-electron chi connectivity index (χ1n) is 6.48. The van der Waals surface area contributed by atoms with E-state index in [1.54, 1.807) is 11.3 Å². The second-order valence-corrected chi connectivity index (χ2v) is 7.08. The first-order chi connectivity index (χ1) is 8.61. The van der Waals surface area contributed by atoms with Crippen LogP contribution in [-0.4, -0.2) is 28.0 Å². The van der Waals surface area contributed by atoms with Crippen LogP contribution in [0.2, 0.25) is 0 Å². The molecule has 1 aliphatic rings. The molecule has 18 heavy (non-hydrogen) atoms. The number of thiazole rings is 1. The number of hydrogen-bond acceptors (Lipinski definition) is 4. The molecule has 0 bridgehead atoms. The summed E-state index contributed by atoms with van der Waals surface area (Å²) in [5.74, 6) is 1.17. The Morgan fingerprint density at radius 3 is 3.06 bits per heavy atom. The van der Waals surface area contributed by atoms with Crippen LogP contribution < -0.4 is 5.32 Å². The van der Waals surface area contributed by atoms with Gasteiger partial charge in [-0.3, -0.25) is 4.99 Å². The minimum Gasteiger partial charge on any atom is -0.360 e. The zero-order valence-electron chi connectivity index (χ0n) is 11.3. The molecule has 1 aliphatic heterocycles. The van der Waals surface area contributed by atoms with E-state index in [0.29, 0.717) is 0 Å². The standard InChI is InChI=1S/C13H21N3S2/c1-4-13(3)6-8-17-12(16-13)14-7-5-11-9-18-10(2)15-11/h9H,4-8H2,1-3H3,(H,14,16). The summed E-state index contributed by atoms with van der Waals surface area (Å²) < 4.78 is 0. The van der Waals surface area contributed by atoms with Gasteiger partial charge in [-0.1, -0.05) is 18.7 Å². The molecule has 100 valence electrons. The fourth-order valence-corrected chi connectivity index (χ4v) is 3.77. The highest BCUT2D eigenvalue weighted by molar-refractivity contribution is 8.13. The van der Waals surface area contributed by atoms with Gasteiger partial charge in [-0.15, -0.1) is 11.3 Å². The molecule has 1 unspecified atom stereocenters. The molecule has 1 N–H and O–H groups in total. The van der Waals surface area contributed by atoms with Crippen LogP contribution in [0.15, 0.2) is 10.4 Å². The van der Waals surface area contributed by atoms with Crippen molar-refractivity contribution in [1.29, 1.82) is 0 Å². The Labute approximate surface area is 118 Å². The summed E-state index contributed by atoms with van der Waals surface area (Å²) in [5, 5.41) is 7.95. The topological polar surface area (TPSA) is 37.3 Å². The van der Waals surface area contributed by atoms with Crippen LogP contribution in [0.4, 0.5) is 0 Å². The van der Waals surface area contributed by atoms with Gasteiger partial charge in [0.2, 0.25) is 0 Å². The summed E-state index contributed by atoms with van der Waals surface area (Å²) in [4.78, 5) is 9.12. The second kappa shape index (κ2) is 6.06. The molecule has 1 aromatic rings. The molecule has 5 heteroatoms. The molecule has 0 amide bonds. The van der Waals surface area contributed by atoms with Crippen molar-refractivity contribution < 1.29 is 0 Å². The summed E-state index contributed by atoms with van der Waals surface area (Å²) in [6.45, 7) is 7.40. The molecule has 2 heterocycles. The first kappa shape index (κ1) is 13.9. The van der Waals surface area contributed by atoms with E-state index >= 15 is 0 Å². The number of nitrogens with zero attached hydrogens (tertiary/aromatic N) is 2. The number of aryl methyl sites for hydroxylation is 1. The van der Waals surface area contributed by atoms with Crippen molar-refractivity contribution in [2.24, 2.45) is 4.99 Å². The molecule has 1 aromatic heterocycles. The molecule has 0 radical (unpaired) electrons. The van der Waals surface area contributed by atoms with Crippen molar-refractivity contribution in [3.63, 3.8) is 0 Å². The van der Waals surface area contributed by atoms with Crippen LogP contribution in [0.3, 0.4) is 0 Å². The van der Waals surface area contributed by atoms with Crippen LogP contribution >= 0.6 is 23.1 Å². The summed E-state index contributed by atoms with van der Waals surface area (Å²) in [6, 6.07) is 0. The SMILES string of the molecule is CCC1(C)CCSC(=NCCc2csc(C)n2)N1. The highest BCUT2D eigenvalue weighted by atomic mass is 32.2. The van der Waals surface area contributed by atoms with Gasteiger partial charge in [0, 0.05) is 29.6 Å². The zero-order chi connectivity index (χ0) is 13.0. The van der Waals surface area contributed by atoms with Crippen molar-refractivity contribution >= 4 is 28.3 Å². The van der Waals surface area contributed by atoms with Gasteiger partial charge in [-0.2, -0.15) is 0 Å². The third-order valence-electron chi connectivity index (χ3n) is 3.37. The Balaban J connectivity index is 1.85. The number of hydrogen-bond donors (Lipinski definition) is 1. The van der Waals surface area contributed by atoms with E-state index in [4.69, 9.17) is 0 Å². The maximum absolute atomic E-state index is 4.66. The van der Waals surface area contributed by atoms with E-state index in [1.807, 2.05) is 18.7 Å². The number of amidine groups is 1. The van der Waals surface area contributed by atoms with E-state index in [9.17, 15) is 0 Å². The minimum absolute atomic E-state index is 0.237. The molecule has 0 spiro atoms. The third-order valence-corrected chi connectivity index (χ3v) is 5.11. The molecule has 1 saturated heterocycles. The van der Waals surface area contributed by atoms with E-state index in [2.05, 4.69) is 34.5 Å². The lowest BCUT2D eigenvalue weighted by atomic mass is 9.96. The van der Waals surface area contributed by atoms with E-state index < -0.39 is 0 Å². The average molecular weight is 283 g/mol. The maximum atomic E-state index is 4.66. The van der Waals surface area contributed by atoms with Crippen LogP contribution in [-0.2, 0) is 6.42 Å². The number of nitrogens with one attached hydrogen (secondary N) is 1. The molecule has 0 aliphatic carbocycles. The third kappa shape index (κ3) is 3.72. The smallest absolute Gasteiger partial charge is 0.156 e. The van der Waals surface area contributed by atoms with Gasteiger partial charge in [-0.25, -0.2) is 4.98 Å². The average Bonchev–Trinajstić information content (AvgIpc) is 2.75. The lowest BCUT2D eigenvalue weighted by Gasteiger charge is -2.35. The molecular weight excluding hydrogens is 262 g/mol. The largest absolute Gasteiger partial charge is 0.360 e. The molecule has 3 nitrogen and oxygen atoms in total. The molecule has 1 fully saturated rings. The summed E-state index contributed by atoms with van der Waals surface area (Å²) in [5.41, 5.74) is 1.40. The quantitative estimate of drug-likeness (QED) is 0.921. The van der Waals surface area contributed by atoms with Gasteiger partial charge in [0.15, 0.2) is 5.17 Å². The van der Waals surface area contributed by atoms with E-state index in [1.165, 1.54) is 17.9 Å². The lowest BCUT2D eigenvalue weighted by molar-refractivity contribution is 0.390. The molecule has 0 saturated carbocycles. The highest BCUT2D eigenvalue weighted by Gasteiger charge is 2.27. The second-order valence-electron chi connectivity index (χ2n) is 4.93. The van der Waals surface area contributed by atoms with Crippen molar-refractivity contribution in [3.05, 3.63) is 16.1 Å². The van der Waals surface area contributed by atoms with E-state index in [0.717, 1.165) is 29.6 Å². The Kier molecular flexibility index (Phi) is 4.67. The molecule has 2 rings (SSSR count). The highest BCUT2D eigenvalue weighted by Crippen LogP contribution is 2.24. The maximum Gasteiger partial charge on any atom is 0.156 e. The summed E-state index contributed by atoms with van der Waals surface area (Å²) >= 11 is 3.56. The zero-order valence-corrected chi connectivity index (χ0v) is 13.0. The normalized spacial score (nSPS) is 26.3. The van der Waals surface area contributed by atoms with Crippen molar-refractivity contribution in [2.75, 3.05) is 12.3 Å². The van der Waals surface area contributed by atoms with Gasteiger partial charge in [0.25, 0.3) is 0 Å². The predicted octanol–water partition coefficient (Wildman–Crippen LogP) is 3.25. The monoisotopic (exact) mass is 283 g/mol. The number of rotatable bonds is 4. The first-order valence-corrected chi connectivity index (χ1v) is 8.34. The van der Waals surface area contributed by atoms with Gasteiger partial charge < -0.3 is 5.32 Å². The number of aliphatic imine (C=N–C) groups is 1. The summed E-state index contributed by atoms with van der Waals surface area (Å²) in [7, 11) is 0. The number of thioether (sulfide) groups is 1. The van der Waals surface area contributed by atoms with Crippen molar-refractivity contribution in [3.8, 4) is 0 Å². The summed E-state index contributed by atoms with van der Waals surface area (Å²) in [6.07, 6.45) is 3.31. The van der Waals surface area contributed by atoms with Gasteiger partial charge in [0.05, 0.1) is 10.7 Å². The van der Waals surface area contributed by atoms with Crippen LogP contribution in [0.25, 0.3) is 0 Å². The van der Waals surface area contributed by atoms with Gasteiger partial charge in [0.1, 0.15) is 0 Å². The lowest BCUT2D eigenvalue weighted by Crippen LogP contribution is -2.48. The Morgan fingerprint density at radius 2 is 2.39 bits per heavy atom. The predicted molar refractivity (Wildman–Crippen MR) is 81.8 cm³/mol. The Hall–Kier alpha value is -0.550. The Bertz CT molecular complexity index is 428. The minimum atomic E-state index is 0.237. The van der Waals surface area contributed by atoms with Crippen molar-refractivity contribution in [1.82, 2.24) is 10.3 Å². The molecule has 1 atom stereocenters. The van der Waals surface area contributed by atoms with Crippen molar-refractivity contribution in [2.45, 2.75) is 45.6 Å². The molecular formula is C13H21N3S2. The molecule has 0 aromatic carbocycles. The van der Waals surface area contributed by atoms with Gasteiger partial charge in [-0.05, 0) is 26.7 Å².